The molecule has 1 rings (SSSR count). The Morgan fingerprint density at radius 2 is 1.88 bits per heavy atom. The number of carbonyl (C=O) groups is 2. The first-order valence-corrected chi connectivity index (χ1v) is 5.01. The molecule has 2 N–H and O–H groups in total. The molecule has 0 atom stereocenters. The van der Waals surface area contributed by atoms with Gasteiger partial charge < -0.3 is 10.5 Å². The van der Waals surface area contributed by atoms with E-state index in [1.54, 1.807) is 30.3 Å². The molecule has 0 amide bonds. The second-order valence-corrected chi connectivity index (χ2v) is 3.48. The summed E-state index contributed by atoms with van der Waals surface area (Å²) in [5, 5.41) is 0. The Morgan fingerprint density at radius 1 is 1.29 bits per heavy atom. The molecule has 1 aromatic rings. The van der Waals surface area contributed by atoms with Gasteiger partial charge in [-0.25, -0.2) is 0 Å². The van der Waals surface area contributed by atoms with Crippen molar-refractivity contribution in [2.24, 2.45) is 5.73 Å². The van der Waals surface area contributed by atoms with Crippen LogP contribution in [-0.2, 0) is 9.59 Å². The van der Waals surface area contributed by atoms with Crippen molar-refractivity contribution >= 4 is 19.6 Å². The number of esters is 1. The summed E-state index contributed by atoms with van der Waals surface area (Å²) in [5.41, 5.74) is 5.44. The Morgan fingerprint density at radius 3 is 2.41 bits per heavy atom. The third kappa shape index (κ3) is 4.14. The van der Waals surface area contributed by atoms with E-state index >= 15 is 0 Å². The van der Waals surface area contributed by atoms with E-state index in [4.69, 9.17) is 18.3 Å². The van der Waals surface area contributed by atoms with Crippen LogP contribution in [0.4, 0.5) is 0 Å². The molecule has 0 aliphatic heterocycles. The van der Waals surface area contributed by atoms with Crippen LogP contribution in [0.3, 0.4) is 0 Å². The number of ketones is 1. The fourth-order valence-electron chi connectivity index (χ4n) is 1.10. The normalized spacial score (nSPS) is 11.6. The number of ether oxygens (including phenoxy) is 1. The van der Waals surface area contributed by atoms with Crippen LogP contribution in [0.1, 0.15) is 13.3 Å². The molecule has 0 spiro atoms. The first kappa shape index (κ1) is 13.0. The molecule has 0 aromatic heterocycles. The lowest BCUT2D eigenvalue weighted by atomic mass is 9.88. The number of allylic oxidation sites excluding steroid dienone is 2. The van der Waals surface area contributed by atoms with Crippen molar-refractivity contribution in [3.8, 4) is 5.75 Å². The van der Waals surface area contributed by atoms with Crippen LogP contribution in [0, 0.1) is 0 Å². The lowest BCUT2D eigenvalue weighted by Crippen LogP contribution is -2.17. The van der Waals surface area contributed by atoms with E-state index in [1.165, 1.54) is 6.92 Å². The quantitative estimate of drug-likeness (QED) is 0.274. The average molecular weight is 229 g/mol. The van der Waals surface area contributed by atoms with E-state index in [2.05, 4.69) is 0 Å². The lowest BCUT2D eigenvalue weighted by Gasteiger charge is -2.05. The highest BCUT2D eigenvalue weighted by atomic mass is 16.5. The third-order valence-corrected chi connectivity index (χ3v) is 2.01. The number of carbonyl (C=O) groups excluding carboxylic acids is 2. The summed E-state index contributed by atoms with van der Waals surface area (Å²) >= 11 is 0. The smallest absolute Gasteiger partial charge is 0.319 e. The van der Waals surface area contributed by atoms with Gasteiger partial charge in [-0.3, -0.25) is 9.59 Å². The molecule has 0 unspecified atom stereocenters. The minimum absolute atomic E-state index is 0.102. The van der Waals surface area contributed by atoms with E-state index in [0.29, 0.717) is 5.75 Å². The molecule has 17 heavy (non-hydrogen) atoms. The Balaban J connectivity index is 2.57. The van der Waals surface area contributed by atoms with Gasteiger partial charge >= 0.3 is 5.97 Å². The molecule has 1 aromatic carbocycles. The van der Waals surface area contributed by atoms with Gasteiger partial charge in [0.1, 0.15) is 20.0 Å². The number of para-hydroxylation sites is 1. The summed E-state index contributed by atoms with van der Waals surface area (Å²) < 4.78 is 4.94. The maximum Gasteiger partial charge on any atom is 0.319 e. The van der Waals surface area contributed by atoms with Crippen LogP contribution in [0.2, 0.25) is 0 Å². The second kappa shape index (κ2) is 5.89. The number of nitrogens with two attached hydrogens (primary N) is 1. The maximum absolute atomic E-state index is 11.4. The molecule has 0 aliphatic rings. The van der Waals surface area contributed by atoms with Crippen molar-refractivity contribution in [1.29, 1.82) is 0 Å². The standard InChI is InChI=1S/C12H12BNO3/c1-8(14)12(13)10(15)7-11(16)17-9-5-3-2-4-6-9/h2-6H,7,14H2,1H3/b12-8+. The fourth-order valence-corrected chi connectivity index (χ4v) is 1.10. The molecule has 4 nitrogen and oxygen atoms in total. The van der Waals surface area contributed by atoms with E-state index in [1.807, 2.05) is 0 Å². The maximum atomic E-state index is 11.4. The summed E-state index contributed by atoms with van der Waals surface area (Å²) in [5.74, 6) is -0.811. The third-order valence-electron chi connectivity index (χ3n) is 2.01. The van der Waals surface area contributed by atoms with Gasteiger partial charge in [0.25, 0.3) is 0 Å². The summed E-state index contributed by atoms with van der Waals surface area (Å²) in [7, 11) is 5.40. The summed E-state index contributed by atoms with van der Waals surface area (Å²) in [6.45, 7) is 1.50. The average Bonchev–Trinajstić information content (AvgIpc) is 2.28. The molecular weight excluding hydrogens is 217 g/mol. The largest absolute Gasteiger partial charge is 0.426 e. The number of hydrogen-bond donors (Lipinski definition) is 1. The Labute approximate surface area is 101 Å². The molecule has 0 aliphatic carbocycles. The van der Waals surface area contributed by atoms with Crippen LogP contribution < -0.4 is 10.5 Å². The second-order valence-electron chi connectivity index (χ2n) is 3.48. The van der Waals surface area contributed by atoms with Crippen molar-refractivity contribution in [2.75, 3.05) is 0 Å². The van der Waals surface area contributed by atoms with Crippen LogP contribution in [0.15, 0.2) is 41.5 Å². The van der Waals surface area contributed by atoms with Gasteiger partial charge in [-0.1, -0.05) is 18.2 Å². The van der Waals surface area contributed by atoms with Gasteiger partial charge in [0.15, 0.2) is 5.78 Å². The Hall–Kier alpha value is -2.04. The van der Waals surface area contributed by atoms with E-state index in [-0.39, 0.29) is 11.2 Å². The molecule has 2 radical (unpaired) electrons. The monoisotopic (exact) mass is 229 g/mol. The van der Waals surface area contributed by atoms with E-state index in [0.717, 1.165) is 0 Å². The van der Waals surface area contributed by atoms with Crippen molar-refractivity contribution in [3.63, 3.8) is 0 Å². The summed E-state index contributed by atoms with van der Waals surface area (Å²) in [6, 6.07) is 8.48. The van der Waals surface area contributed by atoms with Crippen LogP contribution in [0.25, 0.3) is 0 Å². The van der Waals surface area contributed by atoms with Gasteiger partial charge in [0.2, 0.25) is 0 Å². The molecule has 0 fully saturated rings. The molecule has 5 heteroatoms. The highest BCUT2D eigenvalue weighted by Gasteiger charge is 2.13. The fraction of sp³-hybridized carbons (Fsp3) is 0.167. The zero-order valence-corrected chi connectivity index (χ0v) is 9.47. The molecule has 0 bridgehead atoms. The van der Waals surface area contributed by atoms with E-state index < -0.39 is 18.2 Å². The molecule has 0 saturated heterocycles. The highest BCUT2D eigenvalue weighted by Crippen LogP contribution is 2.10. The molecule has 0 heterocycles. The number of hydrogen-bond acceptors (Lipinski definition) is 4. The predicted molar refractivity (Wildman–Crippen MR) is 64.3 cm³/mol. The number of benzene rings is 1. The van der Waals surface area contributed by atoms with Crippen molar-refractivity contribution < 1.29 is 14.3 Å². The van der Waals surface area contributed by atoms with Crippen LogP contribution >= 0.6 is 0 Å². The zero-order chi connectivity index (χ0) is 12.8. The Bertz CT molecular complexity index is 450. The minimum atomic E-state index is -0.662. The molecule has 86 valence electrons. The van der Waals surface area contributed by atoms with Crippen molar-refractivity contribution in [2.45, 2.75) is 13.3 Å². The van der Waals surface area contributed by atoms with Gasteiger partial charge in [-0.05, 0) is 24.5 Å². The van der Waals surface area contributed by atoms with Gasteiger partial charge in [-0.2, -0.15) is 0 Å². The van der Waals surface area contributed by atoms with Crippen molar-refractivity contribution in [1.82, 2.24) is 0 Å². The summed E-state index contributed by atoms with van der Waals surface area (Å²) in [6.07, 6.45) is -0.421. The zero-order valence-electron chi connectivity index (χ0n) is 9.47. The van der Waals surface area contributed by atoms with E-state index in [9.17, 15) is 9.59 Å². The van der Waals surface area contributed by atoms with Gasteiger partial charge in [0, 0.05) is 5.70 Å². The topological polar surface area (TPSA) is 69.4 Å². The van der Waals surface area contributed by atoms with Crippen molar-refractivity contribution in [3.05, 3.63) is 41.5 Å². The highest BCUT2D eigenvalue weighted by molar-refractivity contribution is 6.38. The number of Topliss-reactive ketones (excluding diaryl/α,β-unsaturated/α-hetero) is 1. The first-order chi connectivity index (χ1) is 8.00. The van der Waals surface area contributed by atoms with Gasteiger partial charge in [0.05, 0.1) is 0 Å². The Kier molecular flexibility index (Phi) is 4.51. The molecule has 0 saturated carbocycles. The first-order valence-electron chi connectivity index (χ1n) is 5.01. The predicted octanol–water partition coefficient (Wildman–Crippen LogP) is 0.910. The SMILES string of the molecule is [B]/C(C(=O)CC(=O)Oc1ccccc1)=C(\C)N. The summed E-state index contributed by atoms with van der Waals surface area (Å²) in [4.78, 5) is 22.8. The molecular formula is C12H12BNO3. The van der Waals surface area contributed by atoms with Gasteiger partial charge in [-0.15, -0.1) is 0 Å². The van der Waals surface area contributed by atoms with Crippen LogP contribution in [-0.4, -0.2) is 19.6 Å². The lowest BCUT2D eigenvalue weighted by molar-refractivity contribution is -0.137. The number of rotatable bonds is 4. The minimum Gasteiger partial charge on any atom is -0.426 e. The van der Waals surface area contributed by atoms with Crippen LogP contribution in [0.5, 0.6) is 5.75 Å².